The Labute approximate surface area is 104 Å². The molecule has 0 aliphatic rings. The summed E-state index contributed by atoms with van der Waals surface area (Å²) in [6.45, 7) is 2.03. The van der Waals surface area contributed by atoms with Crippen molar-refractivity contribution >= 4 is 5.88 Å². The molecule has 1 aromatic carbocycles. The first-order chi connectivity index (χ1) is 8.75. The molecule has 0 saturated heterocycles. The van der Waals surface area contributed by atoms with Crippen molar-refractivity contribution in [3.63, 3.8) is 0 Å². The third-order valence-corrected chi connectivity index (χ3v) is 2.78. The molecule has 0 atom stereocenters. The van der Waals surface area contributed by atoms with Crippen molar-refractivity contribution in [1.82, 2.24) is 5.16 Å². The van der Waals surface area contributed by atoms with Crippen LogP contribution in [-0.4, -0.2) is 5.16 Å². The topological polar surface area (TPSA) is 65.2 Å². The van der Waals surface area contributed by atoms with Crippen LogP contribution in [0, 0.1) is 6.92 Å². The Hall–Kier alpha value is -2.49. The first-order valence-electron chi connectivity index (χ1n) is 5.62. The molecule has 2 N–H and O–H groups in total. The maximum absolute atomic E-state index is 5.86. The van der Waals surface area contributed by atoms with Gasteiger partial charge in [-0.2, -0.15) is 0 Å². The molecular formula is C14H12N2O2. The third-order valence-electron chi connectivity index (χ3n) is 2.78. The number of aromatic nitrogens is 1. The van der Waals surface area contributed by atoms with Crippen LogP contribution >= 0.6 is 0 Å². The number of hydrogen-bond acceptors (Lipinski definition) is 4. The largest absolute Gasteiger partial charge is 0.463 e. The number of furan rings is 1. The van der Waals surface area contributed by atoms with Crippen LogP contribution in [0.2, 0.25) is 0 Å². The molecular weight excluding hydrogens is 228 g/mol. The first-order valence-corrected chi connectivity index (χ1v) is 5.62. The Bertz CT molecular complexity index is 669. The average Bonchev–Trinajstić information content (AvgIpc) is 2.97. The van der Waals surface area contributed by atoms with E-state index in [-0.39, 0.29) is 0 Å². The van der Waals surface area contributed by atoms with E-state index in [9.17, 15) is 0 Å². The number of nitrogens with zero attached hydrogens (tertiary/aromatic N) is 1. The van der Waals surface area contributed by atoms with Crippen LogP contribution in [0.4, 0.5) is 5.88 Å². The van der Waals surface area contributed by atoms with Gasteiger partial charge in [-0.15, -0.1) is 0 Å². The number of nitrogen functional groups attached to an aromatic ring is 1. The van der Waals surface area contributed by atoms with Crippen molar-refractivity contribution in [2.45, 2.75) is 6.92 Å². The van der Waals surface area contributed by atoms with Crippen molar-refractivity contribution in [2.24, 2.45) is 0 Å². The number of hydrogen-bond donors (Lipinski definition) is 1. The molecule has 0 saturated carbocycles. The van der Waals surface area contributed by atoms with Crippen molar-refractivity contribution in [3.05, 3.63) is 48.2 Å². The maximum atomic E-state index is 5.86. The Morgan fingerprint density at radius 1 is 1.17 bits per heavy atom. The lowest BCUT2D eigenvalue weighted by Gasteiger charge is -2.02. The fourth-order valence-corrected chi connectivity index (χ4v) is 1.96. The molecule has 0 spiro atoms. The van der Waals surface area contributed by atoms with Crippen LogP contribution in [0.15, 0.2) is 51.6 Å². The predicted molar refractivity (Wildman–Crippen MR) is 68.8 cm³/mol. The quantitative estimate of drug-likeness (QED) is 0.744. The fraction of sp³-hybridized carbons (Fsp3) is 0.0714. The lowest BCUT2D eigenvalue weighted by molar-refractivity contribution is 0.436. The Kier molecular flexibility index (Phi) is 2.41. The maximum Gasteiger partial charge on any atom is 0.230 e. The molecule has 90 valence electrons. The molecule has 4 nitrogen and oxygen atoms in total. The monoisotopic (exact) mass is 240 g/mol. The summed E-state index contributed by atoms with van der Waals surface area (Å²) in [5.41, 5.74) is 9.38. The Morgan fingerprint density at radius 3 is 2.78 bits per heavy atom. The van der Waals surface area contributed by atoms with Crippen LogP contribution in [-0.2, 0) is 0 Å². The smallest absolute Gasteiger partial charge is 0.230 e. The van der Waals surface area contributed by atoms with Crippen molar-refractivity contribution in [1.29, 1.82) is 0 Å². The average molecular weight is 240 g/mol. The lowest BCUT2D eigenvalue weighted by atomic mass is 10.0. The molecule has 2 heterocycles. The van der Waals surface area contributed by atoms with Gasteiger partial charge in [0.05, 0.1) is 11.8 Å². The minimum Gasteiger partial charge on any atom is -0.463 e. The molecule has 0 amide bonds. The standard InChI is InChI=1S/C14H12N2O2/c1-9-4-2-5-10(8-9)12-13(16-18-14(12)15)11-6-3-7-17-11/h2-8H,15H2,1H3. The molecule has 3 rings (SSSR count). The van der Waals surface area contributed by atoms with Gasteiger partial charge in [0.1, 0.15) is 0 Å². The first kappa shape index (κ1) is 10.7. The van der Waals surface area contributed by atoms with Crippen LogP contribution in [0.25, 0.3) is 22.6 Å². The highest BCUT2D eigenvalue weighted by molar-refractivity contribution is 5.85. The van der Waals surface area contributed by atoms with Gasteiger partial charge in [-0.3, -0.25) is 0 Å². The summed E-state index contributed by atoms with van der Waals surface area (Å²) in [4.78, 5) is 0. The minimum absolute atomic E-state index is 0.298. The van der Waals surface area contributed by atoms with E-state index in [0.717, 1.165) is 16.7 Å². The summed E-state index contributed by atoms with van der Waals surface area (Å²) >= 11 is 0. The van der Waals surface area contributed by atoms with Gasteiger partial charge < -0.3 is 14.7 Å². The summed E-state index contributed by atoms with van der Waals surface area (Å²) in [6, 6.07) is 11.7. The zero-order chi connectivity index (χ0) is 12.5. The van der Waals surface area contributed by atoms with E-state index in [4.69, 9.17) is 14.7 Å². The highest BCUT2D eigenvalue weighted by atomic mass is 16.5. The molecule has 18 heavy (non-hydrogen) atoms. The van der Waals surface area contributed by atoms with E-state index in [1.807, 2.05) is 37.3 Å². The SMILES string of the molecule is Cc1cccc(-c2c(-c3ccco3)noc2N)c1. The molecule has 4 heteroatoms. The number of benzene rings is 1. The summed E-state index contributed by atoms with van der Waals surface area (Å²) in [5.74, 6) is 0.943. The van der Waals surface area contributed by atoms with Gasteiger partial charge >= 0.3 is 0 Å². The van der Waals surface area contributed by atoms with Gasteiger partial charge in [-0.05, 0) is 24.6 Å². The van der Waals surface area contributed by atoms with E-state index in [1.165, 1.54) is 0 Å². The van der Waals surface area contributed by atoms with Gasteiger partial charge in [0, 0.05) is 0 Å². The molecule has 0 unspecified atom stereocenters. The Balaban J connectivity index is 2.20. The van der Waals surface area contributed by atoms with Crippen molar-refractivity contribution in [2.75, 3.05) is 5.73 Å². The van der Waals surface area contributed by atoms with E-state index in [1.54, 1.807) is 12.3 Å². The highest BCUT2D eigenvalue weighted by Crippen LogP contribution is 2.36. The Morgan fingerprint density at radius 2 is 2.06 bits per heavy atom. The van der Waals surface area contributed by atoms with Gasteiger partial charge in [0.2, 0.25) is 5.88 Å². The van der Waals surface area contributed by atoms with Crippen LogP contribution in [0.5, 0.6) is 0 Å². The normalized spacial score (nSPS) is 10.7. The van der Waals surface area contributed by atoms with E-state index < -0.39 is 0 Å². The molecule has 0 aliphatic heterocycles. The lowest BCUT2D eigenvalue weighted by Crippen LogP contribution is -1.87. The molecule has 2 aromatic heterocycles. The zero-order valence-electron chi connectivity index (χ0n) is 9.88. The van der Waals surface area contributed by atoms with Crippen LogP contribution in [0.3, 0.4) is 0 Å². The number of anilines is 1. The van der Waals surface area contributed by atoms with Gasteiger partial charge in [-0.1, -0.05) is 35.0 Å². The summed E-state index contributed by atoms with van der Waals surface area (Å²) < 4.78 is 10.4. The number of rotatable bonds is 2. The van der Waals surface area contributed by atoms with E-state index in [2.05, 4.69) is 5.16 Å². The minimum atomic E-state index is 0.298. The van der Waals surface area contributed by atoms with Crippen molar-refractivity contribution < 1.29 is 8.94 Å². The second-order valence-corrected chi connectivity index (χ2v) is 4.12. The van der Waals surface area contributed by atoms with Gasteiger partial charge in [0.25, 0.3) is 0 Å². The zero-order valence-corrected chi connectivity index (χ0v) is 9.88. The highest BCUT2D eigenvalue weighted by Gasteiger charge is 2.19. The fourth-order valence-electron chi connectivity index (χ4n) is 1.96. The number of nitrogens with two attached hydrogens (primary N) is 1. The second kappa shape index (κ2) is 4.07. The van der Waals surface area contributed by atoms with Gasteiger partial charge in [-0.25, -0.2) is 0 Å². The summed E-state index contributed by atoms with van der Waals surface area (Å²) in [5, 5.41) is 3.97. The summed E-state index contributed by atoms with van der Waals surface area (Å²) in [7, 11) is 0. The third kappa shape index (κ3) is 1.68. The van der Waals surface area contributed by atoms with Gasteiger partial charge in [0.15, 0.2) is 11.5 Å². The van der Waals surface area contributed by atoms with Crippen LogP contribution in [0.1, 0.15) is 5.56 Å². The second-order valence-electron chi connectivity index (χ2n) is 4.12. The molecule has 0 radical (unpaired) electrons. The van der Waals surface area contributed by atoms with E-state index in [0.29, 0.717) is 17.3 Å². The predicted octanol–water partition coefficient (Wildman–Crippen LogP) is 3.49. The molecule has 3 aromatic rings. The van der Waals surface area contributed by atoms with E-state index >= 15 is 0 Å². The molecule has 0 bridgehead atoms. The molecule has 0 fully saturated rings. The summed E-state index contributed by atoms with van der Waals surface area (Å²) in [6.07, 6.45) is 1.60. The van der Waals surface area contributed by atoms with Crippen molar-refractivity contribution in [3.8, 4) is 22.6 Å². The number of aryl methyl sites for hydroxylation is 1. The molecule has 0 aliphatic carbocycles. The van der Waals surface area contributed by atoms with Crippen LogP contribution < -0.4 is 5.73 Å².